The van der Waals surface area contributed by atoms with E-state index in [9.17, 15) is 33.2 Å². The molecule has 2 aliphatic heterocycles. The third-order valence-corrected chi connectivity index (χ3v) is 11.9. The molecule has 7 rings (SSSR count). The Hall–Kier alpha value is -7.35. The van der Waals surface area contributed by atoms with E-state index in [0.29, 0.717) is 51.9 Å². The SMILES string of the molecule is CC(=O)O[C@](C(N)=O)(C(=O)N1CCC[C@H]1c1ccc(CN(Cc2ccc([C@@H]3CCCN3C(=O)[C@](OC(C)=O)(C(N)=O)c3ccccc3)cc2)c2ccc(F)cc2)cc1)c1ccccc1. The predicted octanol–water partition coefficient (Wildman–Crippen LogP) is 6.25. The molecule has 4 amide bonds. The van der Waals surface area contributed by atoms with Crippen molar-refractivity contribution >= 4 is 41.3 Å². The molecule has 5 aromatic rings. The summed E-state index contributed by atoms with van der Waals surface area (Å²) in [5, 5.41) is 0. The zero-order valence-corrected chi connectivity index (χ0v) is 35.7. The summed E-state index contributed by atoms with van der Waals surface area (Å²) in [5.41, 5.74) is 11.7. The first-order valence-corrected chi connectivity index (χ1v) is 21.1. The largest absolute Gasteiger partial charge is 0.434 e. The highest BCUT2D eigenvalue weighted by molar-refractivity contribution is 6.11. The Bertz CT molecular complexity index is 2350. The van der Waals surface area contributed by atoms with Gasteiger partial charge in [0.1, 0.15) is 5.82 Å². The van der Waals surface area contributed by atoms with Crippen LogP contribution in [0.3, 0.4) is 0 Å². The van der Waals surface area contributed by atoms with Gasteiger partial charge in [-0.3, -0.25) is 28.8 Å². The molecule has 2 saturated heterocycles. The normalized spacial score (nSPS) is 17.7. The van der Waals surface area contributed by atoms with E-state index >= 15 is 0 Å². The maximum absolute atomic E-state index is 14.4. The number of primary amides is 2. The van der Waals surface area contributed by atoms with Crippen molar-refractivity contribution in [1.82, 2.24) is 9.80 Å². The van der Waals surface area contributed by atoms with E-state index in [2.05, 4.69) is 4.90 Å². The van der Waals surface area contributed by atoms with Crippen LogP contribution in [0.15, 0.2) is 133 Å². The minimum atomic E-state index is -2.33. The van der Waals surface area contributed by atoms with Gasteiger partial charge in [0.2, 0.25) is 0 Å². The van der Waals surface area contributed by atoms with Gasteiger partial charge in [-0.1, -0.05) is 109 Å². The Kier molecular flexibility index (Phi) is 13.2. The number of anilines is 1. The first-order valence-electron chi connectivity index (χ1n) is 21.1. The van der Waals surface area contributed by atoms with Crippen molar-refractivity contribution in [2.24, 2.45) is 11.5 Å². The highest BCUT2D eigenvalue weighted by atomic mass is 19.1. The second kappa shape index (κ2) is 19.0. The van der Waals surface area contributed by atoms with Gasteiger partial charge < -0.3 is 35.6 Å². The van der Waals surface area contributed by atoms with Crippen LogP contribution >= 0.6 is 0 Å². The summed E-state index contributed by atoms with van der Waals surface area (Å²) in [7, 11) is 0. The molecule has 2 aliphatic rings. The van der Waals surface area contributed by atoms with Gasteiger partial charge in [-0.2, -0.15) is 0 Å². The first kappa shape index (κ1) is 44.7. The summed E-state index contributed by atoms with van der Waals surface area (Å²) in [5.74, 6) is -5.59. The number of amides is 4. The molecule has 2 fully saturated rings. The van der Waals surface area contributed by atoms with Crippen LogP contribution in [0.25, 0.3) is 0 Å². The first-order chi connectivity index (χ1) is 30.7. The summed E-state index contributed by atoms with van der Waals surface area (Å²) < 4.78 is 25.2. The number of carbonyl (C=O) groups excluding carboxylic acids is 6. The molecular weight excluding hydrogens is 818 g/mol. The van der Waals surface area contributed by atoms with Gasteiger partial charge >= 0.3 is 11.9 Å². The van der Waals surface area contributed by atoms with Crippen LogP contribution in [0.4, 0.5) is 10.1 Å². The highest BCUT2D eigenvalue weighted by Gasteiger charge is 2.55. The van der Waals surface area contributed by atoms with E-state index in [1.165, 1.54) is 36.4 Å². The summed E-state index contributed by atoms with van der Waals surface area (Å²) in [6.45, 7) is 3.79. The molecule has 0 bridgehead atoms. The monoisotopic (exact) mass is 867 g/mol. The predicted molar refractivity (Wildman–Crippen MR) is 235 cm³/mol. The highest BCUT2D eigenvalue weighted by Crippen LogP contribution is 2.40. The van der Waals surface area contributed by atoms with Crippen LogP contribution in [0.1, 0.15) is 85.0 Å². The number of ether oxygens (including phenoxy) is 2. The summed E-state index contributed by atoms with van der Waals surface area (Å²) >= 11 is 0. The van der Waals surface area contributed by atoms with Crippen molar-refractivity contribution < 1.29 is 42.6 Å². The van der Waals surface area contributed by atoms with E-state index in [0.717, 1.165) is 41.8 Å². The fraction of sp³-hybridized carbons (Fsp3) is 0.280. The molecule has 0 unspecified atom stereocenters. The number of rotatable bonds is 15. The lowest BCUT2D eigenvalue weighted by molar-refractivity contribution is -0.179. The standard InChI is InChI=1S/C50H50FN5O8/c1-33(57)63-49(45(52)59,39-11-5-3-6-12-39)47(61)55-29-9-15-43(55)37-21-17-35(18-22-37)31-54(42-27-25-41(51)26-28-42)32-36-19-23-38(24-20-36)44-16-10-30-56(44)48(62)50(46(53)60,64-34(2)58)40-13-7-4-8-14-40/h3-8,11-14,17-28,43-44H,9-10,15-16,29-32H2,1-2H3,(H2,52,59)(H2,53,60)/t43-,44-,49+,50+/m0/s1. The van der Waals surface area contributed by atoms with E-state index < -0.39 is 58.9 Å². The number of hydrogen-bond donors (Lipinski definition) is 2. The summed E-state index contributed by atoms with van der Waals surface area (Å²) in [6, 6.07) is 37.2. The molecule has 330 valence electrons. The molecule has 4 N–H and O–H groups in total. The lowest BCUT2D eigenvalue weighted by atomic mass is 9.90. The van der Waals surface area contributed by atoms with Crippen molar-refractivity contribution in [3.05, 3.63) is 173 Å². The van der Waals surface area contributed by atoms with Crippen LogP contribution in [-0.4, -0.2) is 58.5 Å². The lowest BCUT2D eigenvalue weighted by Gasteiger charge is -2.35. The van der Waals surface area contributed by atoms with Crippen molar-refractivity contribution in [3.63, 3.8) is 0 Å². The third kappa shape index (κ3) is 8.94. The average molecular weight is 868 g/mol. The number of carbonyl (C=O) groups is 6. The van der Waals surface area contributed by atoms with Gasteiger partial charge in [0.15, 0.2) is 0 Å². The number of esters is 2. The van der Waals surface area contributed by atoms with Crippen LogP contribution < -0.4 is 16.4 Å². The fourth-order valence-corrected chi connectivity index (χ4v) is 8.96. The maximum atomic E-state index is 14.4. The Morgan fingerprint density at radius 2 is 0.953 bits per heavy atom. The van der Waals surface area contributed by atoms with Crippen molar-refractivity contribution in [2.75, 3.05) is 18.0 Å². The number of hydrogen-bond acceptors (Lipinski definition) is 9. The molecule has 64 heavy (non-hydrogen) atoms. The summed E-state index contributed by atoms with van der Waals surface area (Å²) in [6.07, 6.45) is 2.55. The van der Waals surface area contributed by atoms with Gasteiger partial charge in [0.05, 0.1) is 12.1 Å². The number of likely N-dealkylation sites (tertiary alicyclic amines) is 2. The Labute approximate surface area is 370 Å². The number of nitrogens with zero attached hydrogens (tertiary/aromatic N) is 3. The zero-order valence-electron chi connectivity index (χ0n) is 35.7. The average Bonchev–Trinajstić information content (AvgIpc) is 3.99. The Balaban J connectivity index is 1.10. The molecule has 0 spiro atoms. The van der Waals surface area contributed by atoms with Gasteiger partial charge in [0.25, 0.3) is 34.8 Å². The number of halogens is 1. The second-order valence-corrected chi connectivity index (χ2v) is 16.1. The molecule has 0 aromatic heterocycles. The molecule has 2 heterocycles. The Morgan fingerprint density at radius 1 is 0.578 bits per heavy atom. The second-order valence-electron chi connectivity index (χ2n) is 16.1. The molecule has 0 aliphatic carbocycles. The minimum absolute atomic E-state index is 0.168. The van der Waals surface area contributed by atoms with Crippen molar-refractivity contribution in [1.29, 1.82) is 0 Å². The number of nitrogens with two attached hydrogens (primary N) is 2. The molecule has 4 atom stereocenters. The smallest absolute Gasteiger partial charge is 0.304 e. The molecule has 13 nitrogen and oxygen atoms in total. The van der Waals surface area contributed by atoms with Crippen LogP contribution in [0.5, 0.6) is 0 Å². The molecular formula is C50H50FN5O8. The summed E-state index contributed by atoms with van der Waals surface area (Å²) in [4.78, 5) is 84.7. The maximum Gasteiger partial charge on any atom is 0.304 e. The van der Waals surface area contributed by atoms with Gasteiger partial charge in [0, 0.05) is 56.8 Å². The van der Waals surface area contributed by atoms with Crippen LogP contribution in [-0.2, 0) is 62.5 Å². The van der Waals surface area contributed by atoms with E-state index in [1.807, 2.05) is 48.5 Å². The number of benzene rings is 5. The van der Waals surface area contributed by atoms with Gasteiger partial charge in [-0.05, 0) is 72.2 Å². The van der Waals surface area contributed by atoms with E-state index in [1.54, 1.807) is 58.3 Å². The topological polar surface area (TPSA) is 183 Å². The van der Waals surface area contributed by atoms with Gasteiger partial charge in [-0.25, -0.2) is 4.39 Å². The van der Waals surface area contributed by atoms with Crippen LogP contribution in [0.2, 0.25) is 0 Å². The van der Waals surface area contributed by atoms with Crippen molar-refractivity contribution in [3.8, 4) is 0 Å². The van der Waals surface area contributed by atoms with E-state index in [4.69, 9.17) is 20.9 Å². The minimum Gasteiger partial charge on any atom is -0.434 e. The quantitative estimate of drug-likeness (QED) is 0.0908. The molecule has 5 aromatic carbocycles. The van der Waals surface area contributed by atoms with E-state index in [-0.39, 0.29) is 16.9 Å². The van der Waals surface area contributed by atoms with Crippen molar-refractivity contribution in [2.45, 2.75) is 75.9 Å². The van der Waals surface area contributed by atoms with Gasteiger partial charge in [-0.15, -0.1) is 0 Å². The fourth-order valence-electron chi connectivity index (χ4n) is 8.96. The zero-order chi connectivity index (χ0) is 45.6. The molecule has 0 saturated carbocycles. The van der Waals surface area contributed by atoms with Crippen LogP contribution in [0, 0.1) is 5.82 Å². The molecule has 14 heteroatoms. The third-order valence-electron chi connectivity index (χ3n) is 11.9. The molecule has 0 radical (unpaired) electrons. The Morgan fingerprint density at radius 3 is 1.30 bits per heavy atom. The lowest BCUT2D eigenvalue weighted by Crippen LogP contribution is -2.56.